The normalized spacial score (nSPS) is 16.4. The molecule has 0 saturated carbocycles. The maximum absolute atomic E-state index is 15.4. The van der Waals surface area contributed by atoms with Crippen molar-refractivity contribution in [3.63, 3.8) is 0 Å². The lowest BCUT2D eigenvalue weighted by molar-refractivity contribution is 0.0330. The third-order valence-corrected chi connectivity index (χ3v) is 5.79. The Morgan fingerprint density at radius 1 is 1.09 bits per heavy atom. The van der Waals surface area contributed by atoms with Crippen molar-refractivity contribution in [2.75, 3.05) is 28.7 Å². The first-order valence-corrected chi connectivity index (χ1v) is 10.5. The van der Waals surface area contributed by atoms with Crippen molar-refractivity contribution in [2.24, 2.45) is 11.6 Å². The molecule has 1 aromatic heterocycles. The summed E-state index contributed by atoms with van der Waals surface area (Å²) in [6.07, 6.45) is 0.704. The molecule has 1 atom stereocenters. The Bertz CT molecular complexity index is 1100. The highest BCUT2D eigenvalue weighted by atomic mass is 35.5. The molecular formula is C22H24ClF2N7. The van der Waals surface area contributed by atoms with Gasteiger partial charge in [-0.15, -0.1) is 0 Å². The maximum atomic E-state index is 15.4. The van der Waals surface area contributed by atoms with E-state index in [0.29, 0.717) is 30.1 Å². The minimum Gasteiger partial charge on any atom is -0.393 e. The lowest BCUT2D eigenvalue weighted by atomic mass is 10.1. The zero-order valence-electron chi connectivity index (χ0n) is 17.3. The molecule has 4 rings (SSSR count). The number of nitrogen functional groups attached to an aromatic ring is 1. The van der Waals surface area contributed by atoms with E-state index in [1.165, 1.54) is 29.3 Å². The number of aromatic nitrogens is 2. The molecule has 0 bridgehead atoms. The molecule has 0 radical (unpaired) electrons. The largest absolute Gasteiger partial charge is 0.393 e. The fourth-order valence-corrected chi connectivity index (χ4v) is 3.88. The van der Waals surface area contributed by atoms with Crippen LogP contribution in [-0.2, 0) is 12.5 Å². The maximum Gasteiger partial charge on any atom is 0.331 e. The number of hydrazine groups is 1. The molecular weight excluding hydrogens is 436 g/mol. The standard InChI is InChI=1S/C22H24ClF2N7/c23-17-9-5-4-6-14(17)12-32(28)20-18(27)19(31-11-10-16(26)13-31)29-21(30-20)22(24,25)15-7-2-1-3-8-15/h1-9,16H,10-13,26-28H2. The summed E-state index contributed by atoms with van der Waals surface area (Å²) in [7, 11) is 0. The van der Waals surface area contributed by atoms with Crippen LogP contribution in [0.4, 0.5) is 26.1 Å². The third-order valence-electron chi connectivity index (χ3n) is 5.42. The van der Waals surface area contributed by atoms with E-state index in [2.05, 4.69) is 9.97 Å². The van der Waals surface area contributed by atoms with E-state index >= 15 is 8.78 Å². The first kappa shape index (κ1) is 22.2. The molecule has 6 N–H and O–H groups in total. The summed E-state index contributed by atoms with van der Waals surface area (Å²) in [4.78, 5) is 10.1. The Labute approximate surface area is 189 Å². The number of hydrogen-bond donors (Lipinski definition) is 3. The van der Waals surface area contributed by atoms with Gasteiger partial charge in [0.1, 0.15) is 5.69 Å². The molecule has 3 aromatic rings. The van der Waals surface area contributed by atoms with Crippen molar-refractivity contribution in [1.82, 2.24) is 9.97 Å². The van der Waals surface area contributed by atoms with Gasteiger partial charge in [-0.3, -0.25) is 5.01 Å². The third kappa shape index (κ3) is 4.32. The summed E-state index contributed by atoms with van der Waals surface area (Å²) in [5.74, 6) is 2.32. The molecule has 0 amide bonds. The molecule has 7 nitrogen and oxygen atoms in total. The van der Waals surface area contributed by atoms with Gasteiger partial charge in [-0.2, -0.15) is 8.78 Å². The molecule has 1 fully saturated rings. The van der Waals surface area contributed by atoms with E-state index in [1.54, 1.807) is 29.2 Å². The van der Waals surface area contributed by atoms with E-state index in [-0.39, 0.29) is 35.5 Å². The fourth-order valence-electron chi connectivity index (χ4n) is 3.69. The quantitative estimate of drug-likeness (QED) is 0.383. The number of nitrogens with two attached hydrogens (primary N) is 3. The number of alkyl halides is 2. The molecule has 2 aromatic carbocycles. The van der Waals surface area contributed by atoms with Crippen molar-refractivity contribution in [3.05, 3.63) is 76.6 Å². The van der Waals surface area contributed by atoms with E-state index in [0.717, 1.165) is 0 Å². The van der Waals surface area contributed by atoms with Crippen LogP contribution in [0, 0.1) is 0 Å². The van der Waals surface area contributed by atoms with Crippen molar-refractivity contribution >= 4 is 28.9 Å². The monoisotopic (exact) mass is 459 g/mol. The molecule has 1 aliphatic rings. The van der Waals surface area contributed by atoms with Crippen LogP contribution in [-0.4, -0.2) is 29.1 Å². The number of rotatable bonds is 6. The Morgan fingerprint density at radius 2 is 1.78 bits per heavy atom. The van der Waals surface area contributed by atoms with E-state index < -0.39 is 11.7 Å². The Kier molecular flexibility index (Phi) is 6.14. The smallest absolute Gasteiger partial charge is 0.331 e. The van der Waals surface area contributed by atoms with Gasteiger partial charge in [-0.1, -0.05) is 60.1 Å². The number of benzene rings is 2. The fraction of sp³-hybridized carbons (Fsp3) is 0.273. The molecule has 0 aliphatic carbocycles. The lowest BCUT2D eigenvalue weighted by Crippen LogP contribution is -2.35. The van der Waals surface area contributed by atoms with Crippen molar-refractivity contribution in [3.8, 4) is 0 Å². The zero-order chi connectivity index (χ0) is 22.9. The summed E-state index contributed by atoms with van der Waals surface area (Å²) in [5, 5.41) is 1.71. The van der Waals surface area contributed by atoms with E-state index in [9.17, 15) is 0 Å². The summed E-state index contributed by atoms with van der Waals surface area (Å²) in [6.45, 7) is 1.12. The molecule has 1 aliphatic heterocycles. The number of anilines is 3. The summed E-state index contributed by atoms with van der Waals surface area (Å²) in [5.41, 5.74) is 13.0. The average Bonchev–Trinajstić information content (AvgIpc) is 3.22. The summed E-state index contributed by atoms with van der Waals surface area (Å²) < 4.78 is 30.8. The van der Waals surface area contributed by atoms with Crippen molar-refractivity contribution in [2.45, 2.75) is 24.9 Å². The van der Waals surface area contributed by atoms with Gasteiger partial charge in [0.2, 0.25) is 5.82 Å². The average molecular weight is 460 g/mol. The number of nitrogens with zero attached hydrogens (tertiary/aromatic N) is 4. The minimum absolute atomic E-state index is 0.000923. The molecule has 1 unspecified atom stereocenters. The van der Waals surface area contributed by atoms with Gasteiger partial charge in [-0.25, -0.2) is 15.8 Å². The van der Waals surface area contributed by atoms with Gasteiger partial charge in [0.05, 0.1) is 6.54 Å². The van der Waals surface area contributed by atoms with Crippen LogP contribution < -0.4 is 27.2 Å². The predicted molar refractivity (Wildman–Crippen MR) is 123 cm³/mol. The van der Waals surface area contributed by atoms with Crippen LogP contribution in [0.2, 0.25) is 5.02 Å². The number of hydrogen-bond acceptors (Lipinski definition) is 7. The summed E-state index contributed by atoms with van der Waals surface area (Å²) >= 11 is 6.24. The molecule has 1 saturated heterocycles. The highest BCUT2D eigenvalue weighted by Gasteiger charge is 2.40. The highest BCUT2D eigenvalue weighted by molar-refractivity contribution is 6.31. The van der Waals surface area contributed by atoms with Crippen LogP contribution in [0.5, 0.6) is 0 Å². The topological polar surface area (TPSA) is 110 Å². The van der Waals surface area contributed by atoms with Crippen LogP contribution in [0.1, 0.15) is 23.4 Å². The van der Waals surface area contributed by atoms with Crippen LogP contribution in [0.3, 0.4) is 0 Å². The first-order valence-electron chi connectivity index (χ1n) is 10.1. The second kappa shape index (κ2) is 8.85. The number of halogens is 3. The van der Waals surface area contributed by atoms with Gasteiger partial charge in [-0.05, 0) is 18.1 Å². The van der Waals surface area contributed by atoms with E-state index in [1.807, 2.05) is 6.07 Å². The van der Waals surface area contributed by atoms with Gasteiger partial charge < -0.3 is 16.4 Å². The SMILES string of the molecule is Nc1c(N(N)Cc2ccccc2Cl)nc(C(F)(F)c2ccccc2)nc1N1CCC(N)C1. The van der Waals surface area contributed by atoms with Gasteiger partial charge in [0.15, 0.2) is 11.6 Å². The molecule has 0 spiro atoms. The predicted octanol–water partition coefficient (Wildman–Crippen LogP) is 3.27. The van der Waals surface area contributed by atoms with Crippen LogP contribution in [0.15, 0.2) is 54.6 Å². The van der Waals surface area contributed by atoms with E-state index in [4.69, 9.17) is 28.9 Å². The Morgan fingerprint density at radius 3 is 2.44 bits per heavy atom. The minimum atomic E-state index is -3.45. The van der Waals surface area contributed by atoms with Gasteiger partial charge in [0.25, 0.3) is 0 Å². The zero-order valence-corrected chi connectivity index (χ0v) is 18.0. The van der Waals surface area contributed by atoms with Crippen LogP contribution in [0.25, 0.3) is 0 Å². The Hall–Kier alpha value is -3.01. The highest BCUT2D eigenvalue weighted by Crippen LogP contribution is 2.39. The lowest BCUT2D eigenvalue weighted by Gasteiger charge is -2.27. The van der Waals surface area contributed by atoms with Gasteiger partial charge >= 0.3 is 5.92 Å². The van der Waals surface area contributed by atoms with Crippen molar-refractivity contribution < 1.29 is 8.78 Å². The molecule has 10 heteroatoms. The molecule has 168 valence electrons. The van der Waals surface area contributed by atoms with Gasteiger partial charge in [0, 0.05) is 29.7 Å². The van der Waals surface area contributed by atoms with Crippen LogP contribution >= 0.6 is 11.6 Å². The van der Waals surface area contributed by atoms with Crippen molar-refractivity contribution in [1.29, 1.82) is 0 Å². The summed E-state index contributed by atoms with van der Waals surface area (Å²) in [6, 6.07) is 14.4. The second-order valence-electron chi connectivity index (χ2n) is 7.76. The second-order valence-corrected chi connectivity index (χ2v) is 8.17. The Balaban J connectivity index is 1.80. The molecule has 32 heavy (non-hydrogen) atoms. The molecule has 2 heterocycles. The first-order chi connectivity index (χ1) is 15.3.